The van der Waals surface area contributed by atoms with Gasteiger partial charge in [-0.2, -0.15) is 0 Å². The van der Waals surface area contributed by atoms with Crippen LogP contribution in [0.1, 0.15) is 5.56 Å². The summed E-state index contributed by atoms with van der Waals surface area (Å²) in [5.74, 6) is 1.19. The topological polar surface area (TPSA) is 77.1 Å². The van der Waals surface area contributed by atoms with Crippen molar-refractivity contribution < 1.29 is 14.7 Å². The Morgan fingerprint density at radius 2 is 2.00 bits per heavy atom. The molecule has 0 saturated heterocycles. The van der Waals surface area contributed by atoms with E-state index in [-0.39, 0.29) is 6.54 Å². The minimum Gasteiger partial charge on any atom is -0.493 e. The molecule has 0 spiro atoms. The van der Waals surface area contributed by atoms with E-state index in [2.05, 4.69) is 5.16 Å². The summed E-state index contributed by atoms with van der Waals surface area (Å²) in [6, 6.07) is 5.19. The van der Waals surface area contributed by atoms with Crippen molar-refractivity contribution in [1.82, 2.24) is 0 Å². The monoisotopic (exact) mass is 210 g/mol. The summed E-state index contributed by atoms with van der Waals surface area (Å²) >= 11 is 0. The lowest BCUT2D eigenvalue weighted by Gasteiger charge is -2.09. The fraction of sp³-hybridized carbons (Fsp3) is 0.300. The molecule has 0 saturated carbocycles. The highest BCUT2D eigenvalue weighted by Crippen LogP contribution is 2.27. The minimum absolute atomic E-state index is 0.159. The second kappa shape index (κ2) is 5.21. The standard InChI is InChI=1S/C10H14N2O3/c1-14-9-4-3-7(5-10(9)15-2)8(6-11)12-13/h3-5,13H,6,11H2,1-2H3/b12-8-. The van der Waals surface area contributed by atoms with Gasteiger partial charge in [-0.05, 0) is 18.2 Å². The Morgan fingerprint density at radius 3 is 2.47 bits per heavy atom. The maximum Gasteiger partial charge on any atom is 0.161 e. The van der Waals surface area contributed by atoms with E-state index in [4.69, 9.17) is 20.4 Å². The summed E-state index contributed by atoms with van der Waals surface area (Å²) in [7, 11) is 3.10. The first-order chi connectivity index (χ1) is 7.26. The molecule has 0 aromatic heterocycles. The summed E-state index contributed by atoms with van der Waals surface area (Å²) < 4.78 is 10.2. The van der Waals surface area contributed by atoms with Gasteiger partial charge in [0.1, 0.15) is 5.71 Å². The summed E-state index contributed by atoms with van der Waals surface area (Å²) in [6.45, 7) is 0.159. The van der Waals surface area contributed by atoms with Gasteiger partial charge >= 0.3 is 0 Å². The lowest BCUT2D eigenvalue weighted by Crippen LogP contribution is -2.15. The number of benzene rings is 1. The molecule has 0 heterocycles. The molecule has 0 atom stereocenters. The lowest BCUT2D eigenvalue weighted by atomic mass is 10.1. The number of nitrogens with two attached hydrogens (primary N) is 1. The zero-order valence-electron chi connectivity index (χ0n) is 8.73. The second-order valence-electron chi connectivity index (χ2n) is 2.82. The summed E-state index contributed by atoms with van der Waals surface area (Å²) in [6.07, 6.45) is 0. The quantitative estimate of drug-likeness (QED) is 0.438. The Balaban J connectivity index is 3.13. The van der Waals surface area contributed by atoms with Gasteiger partial charge in [-0.15, -0.1) is 0 Å². The number of nitrogens with zero attached hydrogens (tertiary/aromatic N) is 1. The Morgan fingerprint density at radius 1 is 1.33 bits per heavy atom. The molecule has 0 fully saturated rings. The van der Waals surface area contributed by atoms with E-state index in [0.29, 0.717) is 22.8 Å². The first-order valence-electron chi connectivity index (χ1n) is 4.40. The second-order valence-corrected chi connectivity index (χ2v) is 2.82. The van der Waals surface area contributed by atoms with Gasteiger partial charge in [0.15, 0.2) is 11.5 Å². The molecule has 5 heteroatoms. The maximum absolute atomic E-state index is 8.71. The van der Waals surface area contributed by atoms with E-state index in [1.54, 1.807) is 32.4 Å². The van der Waals surface area contributed by atoms with E-state index in [9.17, 15) is 0 Å². The molecule has 0 aliphatic rings. The minimum atomic E-state index is 0.159. The van der Waals surface area contributed by atoms with Crippen LogP contribution in [0.15, 0.2) is 23.4 Å². The molecule has 1 aromatic rings. The van der Waals surface area contributed by atoms with Crippen LogP contribution < -0.4 is 15.2 Å². The van der Waals surface area contributed by atoms with Crippen molar-refractivity contribution in [3.05, 3.63) is 23.8 Å². The van der Waals surface area contributed by atoms with Crippen LogP contribution in [0.25, 0.3) is 0 Å². The normalized spacial score (nSPS) is 11.3. The zero-order chi connectivity index (χ0) is 11.3. The van der Waals surface area contributed by atoms with Gasteiger partial charge in [0, 0.05) is 12.1 Å². The Hall–Kier alpha value is -1.75. The highest BCUT2D eigenvalue weighted by molar-refractivity contribution is 6.02. The van der Waals surface area contributed by atoms with Crippen LogP contribution >= 0.6 is 0 Å². The molecule has 0 aliphatic carbocycles. The highest BCUT2D eigenvalue weighted by atomic mass is 16.5. The molecular weight excluding hydrogens is 196 g/mol. The predicted molar refractivity (Wildman–Crippen MR) is 56.9 cm³/mol. The molecule has 0 radical (unpaired) electrons. The van der Waals surface area contributed by atoms with E-state index in [0.717, 1.165) is 0 Å². The molecule has 82 valence electrons. The van der Waals surface area contributed by atoms with E-state index in [1.807, 2.05) is 0 Å². The van der Waals surface area contributed by atoms with Crippen LogP contribution in [-0.4, -0.2) is 31.7 Å². The Bertz CT molecular complexity index is 364. The summed E-state index contributed by atoms with van der Waals surface area (Å²) in [5, 5.41) is 11.8. The van der Waals surface area contributed by atoms with Crippen molar-refractivity contribution >= 4 is 5.71 Å². The summed E-state index contributed by atoms with van der Waals surface area (Å²) in [4.78, 5) is 0. The van der Waals surface area contributed by atoms with Crippen molar-refractivity contribution in [2.45, 2.75) is 0 Å². The van der Waals surface area contributed by atoms with Gasteiger partial charge < -0.3 is 20.4 Å². The van der Waals surface area contributed by atoms with Crippen molar-refractivity contribution in [3.63, 3.8) is 0 Å². The van der Waals surface area contributed by atoms with Gasteiger partial charge in [0.25, 0.3) is 0 Å². The predicted octanol–water partition coefficient (Wildman–Crippen LogP) is 0.841. The Labute approximate surface area is 88.1 Å². The van der Waals surface area contributed by atoms with Crippen molar-refractivity contribution in [3.8, 4) is 11.5 Å². The van der Waals surface area contributed by atoms with Crippen LogP contribution in [0.5, 0.6) is 11.5 Å². The van der Waals surface area contributed by atoms with Crippen molar-refractivity contribution in [2.24, 2.45) is 10.9 Å². The molecule has 1 rings (SSSR count). The van der Waals surface area contributed by atoms with Crippen LogP contribution in [0.4, 0.5) is 0 Å². The number of methoxy groups -OCH3 is 2. The zero-order valence-corrected chi connectivity index (χ0v) is 8.73. The van der Waals surface area contributed by atoms with Gasteiger partial charge in [0.05, 0.1) is 14.2 Å². The van der Waals surface area contributed by atoms with E-state index >= 15 is 0 Å². The van der Waals surface area contributed by atoms with Crippen LogP contribution in [-0.2, 0) is 0 Å². The van der Waals surface area contributed by atoms with Crippen molar-refractivity contribution in [1.29, 1.82) is 0 Å². The number of rotatable bonds is 4. The average Bonchev–Trinajstić information content (AvgIpc) is 2.30. The first kappa shape index (κ1) is 11.3. The average molecular weight is 210 g/mol. The molecule has 0 aliphatic heterocycles. The van der Waals surface area contributed by atoms with Crippen LogP contribution in [0, 0.1) is 0 Å². The summed E-state index contributed by atoms with van der Waals surface area (Å²) in [5.41, 5.74) is 6.52. The van der Waals surface area contributed by atoms with E-state index in [1.165, 1.54) is 0 Å². The van der Waals surface area contributed by atoms with Gasteiger partial charge in [-0.1, -0.05) is 5.16 Å². The molecule has 3 N–H and O–H groups in total. The molecule has 1 aromatic carbocycles. The Kier molecular flexibility index (Phi) is 3.93. The third-order valence-electron chi connectivity index (χ3n) is 2.03. The van der Waals surface area contributed by atoms with Gasteiger partial charge in [-0.3, -0.25) is 0 Å². The molecule has 0 bridgehead atoms. The fourth-order valence-corrected chi connectivity index (χ4v) is 1.23. The largest absolute Gasteiger partial charge is 0.493 e. The molecule has 15 heavy (non-hydrogen) atoms. The molecule has 0 amide bonds. The maximum atomic E-state index is 8.71. The number of hydrogen-bond acceptors (Lipinski definition) is 5. The SMILES string of the molecule is COc1ccc(/C(CN)=N\O)cc1OC. The number of oxime groups is 1. The third kappa shape index (κ3) is 2.38. The van der Waals surface area contributed by atoms with Gasteiger partial charge in [-0.25, -0.2) is 0 Å². The fourth-order valence-electron chi connectivity index (χ4n) is 1.23. The lowest BCUT2D eigenvalue weighted by molar-refractivity contribution is 0.318. The van der Waals surface area contributed by atoms with Gasteiger partial charge in [0.2, 0.25) is 0 Å². The van der Waals surface area contributed by atoms with Crippen molar-refractivity contribution in [2.75, 3.05) is 20.8 Å². The third-order valence-corrected chi connectivity index (χ3v) is 2.03. The van der Waals surface area contributed by atoms with Crippen LogP contribution in [0.2, 0.25) is 0 Å². The van der Waals surface area contributed by atoms with Crippen LogP contribution in [0.3, 0.4) is 0 Å². The number of ether oxygens (including phenoxy) is 2. The first-order valence-corrected chi connectivity index (χ1v) is 4.40. The smallest absolute Gasteiger partial charge is 0.161 e. The van der Waals surface area contributed by atoms with E-state index < -0.39 is 0 Å². The molecule has 5 nitrogen and oxygen atoms in total. The molecular formula is C10H14N2O3. The molecule has 0 unspecified atom stereocenters. The number of hydrogen-bond donors (Lipinski definition) is 2. The highest BCUT2D eigenvalue weighted by Gasteiger charge is 2.08.